The van der Waals surface area contributed by atoms with E-state index in [-0.39, 0.29) is 11.0 Å². The average molecular weight is 372 g/mol. The summed E-state index contributed by atoms with van der Waals surface area (Å²) in [5, 5.41) is 5.69. The summed E-state index contributed by atoms with van der Waals surface area (Å²) in [5.41, 5.74) is 1.46. The number of methoxy groups -OCH3 is 3. The number of amides is 1. The van der Waals surface area contributed by atoms with Gasteiger partial charge < -0.3 is 19.5 Å². The Morgan fingerprint density at radius 2 is 1.65 bits per heavy atom. The number of anilines is 1. The number of benzene rings is 2. The number of ether oxygens (including phenoxy) is 3. The van der Waals surface area contributed by atoms with Gasteiger partial charge in [0.15, 0.2) is 16.6 Å². The molecule has 0 saturated heterocycles. The molecule has 0 aliphatic carbocycles. The molecule has 2 rings (SSSR count). The molecule has 2 aromatic rings. The standard InChI is InChI=1S/C19H20N2O4S/c1-23-15-7-5-4-6-14(15)20-19(26)21-18(22)11-9-13-8-10-16(24-2)17(12-13)25-3/h4-12H,1-3H3,(H2,20,21,22,26). The topological polar surface area (TPSA) is 68.8 Å². The summed E-state index contributed by atoms with van der Waals surface area (Å²) in [6.45, 7) is 0. The molecule has 0 aliphatic rings. The first kappa shape index (κ1) is 19.3. The van der Waals surface area contributed by atoms with Crippen LogP contribution in [0.15, 0.2) is 48.5 Å². The third-order valence-corrected chi connectivity index (χ3v) is 3.63. The van der Waals surface area contributed by atoms with Crippen molar-refractivity contribution in [3.63, 3.8) is 0 Å². The molecule has 0 aromatic heterocycles. The first-order chi connectivity index (χ1) is 12.6. The number of carbonyl (C=O) groups is 1. The molecule has 7 heteroatoms. The van der Waals surface area contributed by atoms with E-state index in [1.807, 2.05) is 18.2 Å². The van der Waals surface area contributed by atoms with E-state index in [2.05, 4.69) is 10.6 Å². The monoisotopic (exact) mass is 372 g/mol. The van der Waals surface area contributed by atoms with Gasteiger partial charge in [0.05, 0.1) is 27.0 Å². The molecule has 0 radical (unpaired) electrons. The predicted molar refractivity (Wildman–Crippen MR) is 106 cm³/mol. The van der Waals surface area contributed by atoms with E-state index >= 15 is 0 Å². The molecule has 0 atom stereocenters. The number of nitrogens with one attached hydrogen (secondary N) is 2. The summed E-state index contributed by atoms with van der Waals surface area (Å²) in [7, 11) is 4.69. The van der Waals surface area contributed by atoms with Crippen LogP contribution in [0.1, 0.15) is 5.56 Å². The van der Waals surface area contributed by atoms with Crippen molar-refractivity contribution < 1.29 is 19.0 Å². The lowest BCUT2D eigenvalue weighted by molar-refractivity contribution is -0.115. The van der Waals surface area contributed by atoms with Crippen LogP contribution in [-0.2, 0) is 4.79 Å². The van der Waals surface area contributed by atoms with Crippen LogP contribution in [0, 0.1) is 0 Å². The first-order valence-electron chi connectivity index (χ1n) is 7.72. The molecular weight excluding hydrogens is 352 g/mol. The lowest BCUT2D eigenvalue weighted by Crippen LogP contribution is -2.32. The molecule has 0 unspecified atom stereocenters. The fraction of sp³-hybridized carbons (Fsp3) is 0.158. The fourth-order valence-electron chi connectivity index (χ4n) is 2.18. The molecule has 1 amide bonds. The molecule has 0 aliphatic heterocycles. The molecule has 0 bridgehead atoms. The largest absolute Gasteiger partial charge is 0.495 e. The smallest absolute Gasteiger partial charge is 0.250 e. The first-order valence-corrected chi connectivity index (χ1v) is 8.13. The normalized spacial score (nSPS) is 10.3. The van der Waals surface area contributed by atoms with Gasteiger partial charge in [-0.1, -0.05) is 18.2 Å². The second kappa shape index (κ2) is 9.43. The minimum Gasteiger partial charge on any atom is -0.495 e. The van der Waals surface area contributed by atoms with Crippen molar-refractivity contribution in [3.05, 3.63) is 54.1 Å². The number of hydrogen-bond acceptors (Lipinski definition) is 5. The quantitative estimate of drug-likeness (QED) is 0.599. The highest BCUT2D eigenvalue weighted by Crippen LogP contribution is 2.28. The summed E-state index contributed by atoms with van der Waals surface area (Å²) < 4.78 is 15.6. The molecule has 0 fully saturated rings. The van der Waals surface area contributed by atoms with Gasteiger partial charge in [0.25, 0.3) is 0 Å². The second-order valence-corrected chi connectivity index (χ2v) is 5.50. The van der Waals surface area contributed by atoms with Crippen molar-refractivity contribution in [3.8, 4) is 17.2 Å². The zero-order chi connectivity index (χ0) is 18.9. The lowest BCUT2D eigenvalue weighted by atomic mass is 10.2. The van der Waals surface area contributed by atoms with Crippen LogP contribution in [0.5, 0.6) is 17.2 Å². The van der Waals surface area contributed by atoms with E-state index in [9.17, 15) is 4.79 Å². The van der Waals surface area contributed by atoms with E-state index in [4.69, 9.17) is 26.4 Å². The highest BCUT2D eigenvalue weighted by molar-refractivity contribution is 7.80. The Hall–Kier alpha value is -3.06. The van der Waals surface area contributed by atoms with Crippen LogP contribution in [0.2, 0.25) is 0 Å². The summed E-state index contributed by atoms with van der Waals surface area (Å²) in [6, 6.07) is 12.6. The van der Waals surface area contributed by atoms with Gasteiger partial charge in [-0.2, -0.15) is 0 Å². The van der Waals surface area contributed by atoms with Gasteiger partial charge in [0.2, 0.25) is 5.91 Å². The van der Waals surface area contributed by atoms with Crippen molar-refractivity contribution >= 4 is 35.0 Å². The van der Waals surface area contributed by atoms with Crippen molar-refractivity contribution in [2.75, 3.05) is 26.6 Å². The fourth-order valence-corrected chi connectivity index (χ4v) is 2.39. The highest BCUT2D eigenvalue weighted by atomic mass is 32.1. The van der Waals surface area contributed by atoms with Crippen LogP contribution in [-0.4, -0.2) is 32.3 Å². The minimum atomic E-state index is -0.354. The summed E-state index contributed by atoms with van der Waals surface area (Å²) in [6.07, 6.45) is 3.04. The number of hydrogen-bond donors (Lipinski definition) is 2. The Balaban J connectivity index is 1.97. The zero-order valence-electron chi connectivity index (χ0n) is 14.7. The lowest BCUT2D eigenvalue weighted by Gasteiger charge is -2.11. The van der Waals surface area contributed by atoms with E-state index < -0.39 is 0 Å². The highest BCUT2D eigenvalue weighted by Gasteiger charge is 2.06. The van der Waals surface area contributed by atoms with Gasteiger partial charge in [0, 0.05) is 6.08 Å². The van der Waals surface area contributed by atoms with Crippen LogP contribution in [0.3, 0.4) is 0 Å². The zero-order valence-corrected chi connectivity index (χ0v) is 15.6. The van der Waals surface area contributed by atoms with Crippen molar-refractivity contribution in [2.24, 2.45) is 0 Å². The number of thiocarbonyl (C=S) groups is 1. The number of carbonyl (C=O) groups excluding carboxylic acids is 1. The maximum atomic E-state index is 12.0. The van der Waals surface area contributed by atoms with Gasteiger partial charge in [-0.3, -0.25) is 10.1 Å². The van der Waals surface area contributed by atoms with Crippen LogP contribution in [0.25, 0.3) is 6.08 Å². The number of rotatable bonds is 6. The third-order valence-electron chi connectivity index (χ3n) is 3.43. The van der Waals surface area contributed by atoms with E-state index in [1.54, 1.807) is 51.7 Å². The molecule has 2 aromatic carbocycles. The molecule has 136 valence electrons. The molecule has 6 nitrogen and oxygen atoms in total. The maximum Gasteiger partial charge on any atom is 0.250 e. The van der Waals surface area contributed by atoms with Crippen LogP contribution in [0.4, 0.5) is 5.69 Å². The van der Waals surface area contributed by atoms with Crippen molar-refractivity contribution in [1.82, 2.24) is 5.32 Å². The third kappa shape index (κ3) is 5.22. The van der Waals surface area contributed by atoms with Crippen molar-refractivity contribution in [2.45, 2.75) is 0 Å². The molecular formula is C19H20N2O4S. The van der Waals surface area contributed by atoms with E-state index in [0.29, 0.717) is 22.9 Å². The Labute approximate surface area is 157 Å². The van der Waals surface area contributed by atoms with E-state index in [1.165, 1.54) is 6.08 Å². The molecule has 0 spiro atoms. The average Bonchev–Trinajstić information content (AvgIpc) is 2.66. The minimum absolute atomic E-state index is 0.177. The van der Waals surface area contributed by atoms with Crippen LogP contribution < -0.4 is 24.8 Å². The van der Waals surface area contributed by atoms with Gasteiger partial charge in [-0.15, -0.1) is 0 Å². The van der Waals surface area contributed by atoms with Gasteiger partial charge >= 0.3 is 0 Å². The molecule has 2 N–H and O–H groups in total. The Bertz CT molecular complexity index is 821. The molecule has 0 heterocycles. The van der Waals surface area contributed by atoms with E-state index in [0.717, 1.165) is 5.56 Å². The Kier molecular flexibility index (Phi) is 6.99. The number of para-hydroxylation sites is 2. The Morgan fingerprint density at radius 3 is 2.35 bits per heavy atom. The summed E-state index contributed by atoms with van der Waals surface area (Å²) in [5.74, 6) is 1.48. The summed E-state index contributed by atoms with van der Waals surface area (Å²) >= 11 is 5.15. The SMILES string of the molecule is COc1ccccc1NC(=S)NC(=O)C=Cc1ccc(OC)c(OC)c1. The van der Waals surface area contributed by atoms with Crippen molar-refractivity contribution in [1.29, 1.82) is 0 Å². The second-order valence-electron chi connectivity index (χ2n) is 5.09. The summed E-state index contributed by atoms with van der Waals surface area (Å²) in [4.78, 5) is 12.0. The molecule has 26 heavy (non-hydrogen) atoms. The maximum absolute atomic E-state index is 12.0. The molecule has 0 saturated carbocycles. The van der Waals surface area contributed by atoms with Gasteiger partial charge in [-0.25, -0.2) is 0 Å². The predicted octanol–water partition coefficient (Wildman–Crippen LogP) is 3.24. The van der Waals surface area contributed by atoms with Gasteiger partial charge in [-0.05, 0) is 48.1 Å². The van der Waals surface area contributed by atoms with Crippen LogP contribution >= 0.6 is 12.2 Å². The van der Waals surface area contributed by atoms with Gasteiger partial charge in [0.1, 0.15) is 5.75 Å². The Morgan fingerprint density at radius 1 is 0.962 bits per heavy atom.